The van der Waals surface area contributed by atoms with Gasteiger partial charge in [0.25, 0.3) is 0 Å². The first-order valence-electron chi connectivity index (χ1n) is 5.65. The fourth-order valence-corrected chi connectivity index (χ4v) is 2.12. The van der Waals surface area contributed by atoms with Crippen LogP contribution >= 0.6 is 0 Å². The quantitative estimate of drug-likeness (QED) is 0.796. The van der Waals surface area contributed by atoms with Crippen LogP contribution in [0.4, 0.5) is 5.69 Å². The first kappa shape index (κ1) is 10.4. The molecule has 0 radical (unpaired) electrons. The van der Waals surface area contributed by atoms with Gasteiger partial charge in [-0.2, -0.15) is 0 Å². The number of hydrogen-bond donors (Lipinski definition) is 2. The van der Waals surface area contributed by atoms with E-state index in [9.17, 15) is 5.11 Å². The van der Waals surface area contributed by atoms with Crippen LogP contribution in [0.15, 0.2) is 24.5 Å². The van der Waals surface area contributed by atoms with Crippen molar-refractivity contribution < 1.29 is 5.11 Å². The average molecular weight is 206 g/mol. The van der Waals surface area contributed by atoms with E-state index < -0.39 is 5.60 Å². The minimum absolute atomic E-state index is 0.498. The number of aromatic nitrogens is 1. The Bertz CT molecular complexity index is 294. The molecule has 3 heteroatoms. The van der Waals surface area contributed by atoms with Gasteiger partial charge in [0.2, 0.25) is 0 Å². The van der Waals surface area contributed by atoms with Crippen molar-refractivity contribution in [2.45, 2.75) is 37.7 Å². The molecule has 1 aliphatic carbocycles. The van der Waals surface area contributed by atoms with E-state index in [4.69, 9.17) is 0 Å². The summed E-state index contributed by atoms with van der Waals surface area (Å²) in [4.78, 5) is 3.95. The van der Waals surface area contributed by atoms with Crippen LogP contribution in [0.5, 0.6) is 0 Å². The van der Waals surface area contributed by atoms with Crippen molar-refractivity contribution >= 4 is 5.69 Å². The highest BCUT2D eigenvalue weighted by Crippen LogP contribution is 2.28. The maximum Gasteiger partial charge on any atom is 0.0819 e. The van der Waals surface area contributed by atoms with Gasteiger partial charge in [0.05, 0.1) is 5.60 Å². The fourth-order valence-electron chi connectivity index (χ4n) is 2.12. The Morgan fingerprint density at radius 3 is 2.53 bits per heavy atom. The Balaban J connectivity index is 1.87. The molecule has 2 N–H and O–H groups in total. The molecule has 2 rings (SSSR count). The lowest BCUT2D eigenvalue weighted by Crippen LogP contribution is -2.38. The van der Waals surface area contributed by atoms with Crippen molar-refractivity contribution in [3.63, 3.8) is 0 Å². The summed E-state index contributed by atoms with van der Waals surface area (Å²) >= 11 is 0. The fraction of sp³-hybridized carbons (Fsp3) is 0.583. The SMILES string of the molecule is OC1(CNc2ccncc2)CCCCC1. The summed E-state index contributed by atoms with van der Waals surface area (Å²) in [6, 6.07) is 3.85. The maximum atomic E-state index is 10.3. The molecule has 0 atom stereocenters. The van der Waals surface area contributed by atoms with Crippen LogP contribution in [0, 0.1) is 0 Å². The zero-order chi connectivity index (χ0) is 10.6. The van der Waals surface area contributed by atoms with E-state index in [0.29, 0.717) is 6.54 Å². The first-order chi connectivity index (χ1) is 7.29. The molecular formula is C12H18N2O. The Morgan fingerprint density at radius 2 is 1.87 bits per heavy atom. The minimum atomic E-state index is -0.498. The zero-order valence-electron chi connectivity index (χ0n) is 8.95. The van der Waals surface area contributed by atoms with E-state index in [1.54, 1.807) is 12.4 Å². The summed E-state index contributed by atoms with van der Waals surface area (Å²) in [6.07, 6.45) is 8.91. The Kier molecular flexibility index (Phi) is 3.21. The van der Waals surface area contributed by atoms with E-state index in [-0.39, 0.29) is 0 Å². The zero-order valence-corrected chi connectivity index (χ0v) is 8.95. The predicted octanol–water partition coefficient (Wildman–Crippen LogP) is 2.19. The van der Waals surface area contributed by atoms with E-state index in [0.717, 1.165) is 31.4 Å². The van der Waals surface area contributed by atoms with Crippen LogP contribution in [-0.4, -0.2) is 22.2 Å². The van der Waals surface area contributed by atoms with Crippen LogP contribution in [-0.2, 0) is 0 Å². The van der Waals surface area contributed by atoms with Crippen LogP contribution in [0.25, 0.3) is 0 Å². The van der Waals surface area contributed by atoms with Crippen LogP contribution in [0.2, 0.25) is 0 Å². The van der Waals surface area contributed by atoms with Crippen molar-refractivity contribution in [2.24, 2.45) is 0 Å². The number of pyridine rings is 1. The van der Waals surface area contributed by atoms with Gasteiger partial charge >= 0.3 is 0 Å². The van der Waals surface area contributed by atoms with E-state index >= 15 is 0 Å². The van der Waals surface area contributed by atoms with Gasteiger partial charge in [-0.05, 0) is 25.0 Å². The molecule has 1 aromatic heterocycles. The second-order valence-electron chi connectivity index (χ2n) is 4.37. The van der Waals surface area contributed by atoms with Gasteiger partial charge in [0.15, 0.2) is 0 Å². The lowest BCUT2D eigenvalue weighted by Gasteiger charge is -2.32. The Morgan fingerprint density at radius 1 is 1.20 bits per heavy atom. The molecule has 0 saturated heterocycles. The van der Waals surface area contributed by atoms with Crippen molar-refractivity contribution in [1.29, 1.82) is 0 Å². The van der Waals surface area contributed by atoms with Gasteiger partial charge in [-0.1, -0.05) is 19.3 Å². The maximum absolute atomic E-state index is 10.3. The minimum Gasteiger partial charge on any atom is -0.388 e. The highest BCUT2D eigenvalue weighted by atomic mass is 16.3. The van der Waals surface area contributed by atoms with Gasteiger partial charge in [0.1, 0.15) is 0 Å². The Hall–Kier alpha value is -1.09. The van der Waals surface area contributed by atoms with Gasteiger partial charge in [-0.15, -0.1) is 0 Å². The smallest absolute Gasteiger partial charge is 0.0819 e. The molecule has 82 valence electrons. The molecule has 1 aliphatic rings. The predicted molar refractivity (Wildman–Crippen MR) is 60.8 cm³/mol. The topological polar surface area (TPSA) is 45.1 Å². The third kappa shape index (κ3) is 2.93. The third-order valence-electron chi connectivity index (χ3n) is 3.09. The van der Waals surface area contributed by atoms with Crippen molar-refractivity contribution in [2.75, 3.05) is 11.9 Å². The average Bonchev–Trinajstić information content (AvgIpc) is 2.29. The largest absolute Gasteiger partial charge is 0.388 e. The van der Waals surface area contributed by atoms with E-state index in [2.05, 4.69) is 10.3 Å². The molecule has 0 unspecified atom stereocenters. The van der Waals surface area contributed by atoms with Gasteiger partial charge in [0, 0.05) is 24.6 Å². The van der Waals surface area contributed by atoms with E-state index in [1.807, 2.05) is 12.1 Å². The molecule has 0 aromatic carbocycles. The highest BCUT2D eigenvalue weighted by Gasteiger charge is 2.28. The number of hydrogen-bond acceptors (Lipinski definition) is 3. The lowest BCUT2D eigenvalue weighted by molar-refractivity contribution is 0.0167. The van der Waals surface area contributed by atoms with Crippen LogP contribution in [0.1, 0.15) is 32.1 Å². The molecule has 15 heavy (non-hydrogen) atoms. The summed E-state index contributed by atoms with van der Waals surface area (Å²) in [6.45, 7) is 0.650. The summed E-state index contributed by atoms with van der Waals surface area (Å²) in [5.74, 6) is 0. The highest BCUT2D eigenvalue weighted by molar-refractivity contribution is 5.41. The van der Waals surface area contributed by atoms with Gasteiger partial charge in [-0.25, -0.2) is 0 Å². The van der Waals surface area contributed by atoms with Crippen molar-refractivity contribution in [1.82, 2.24) is 4.98 Å². The number of nitrogens with one attached hydrogen (secondary N) is 1. The molecule has 1 fully saturated rings. The molecule has 0 bridgehead atoms. The third-order valence-corrected chi connectivity index (χ3v) is 3.09. The number of rotatable bonds is 3. The molecule has 0 aliphatic heterocycles. The number of aliphatic hydroxyl groups is 1. The Labute approximate surface area is 90.5 Å². The lowest BCUT2D eigenvalue weighted by atomic mass is 9.85. The second kappa shape index (κ2) is 4.62. The first-order valence-corrected chi connectivity index (χ1v) is 5.65. The summed E-state index contributed by atoms with van der Waals surface area (Å²) < 4.78 is 0. The molecule has 1 heterocycles. The molecule has 0 amide bonds. The van der Waals surface area contributed by atoms with Crippen LogP contribution in [0.3, 0.4) is 0 Å². The van der Waals surface area contributed by atoms with E-state index in [1.165, 1.54) is 6.42 Å². The standard InChI is InChI=1S/C12H18N2O/c15-12(6-2-1-3-7-12)10-14-11-4-8-13-9-5-11/h4-5,8-9,15H,1-3,6-7,10H2,(H,13,14). The van der Waals surface area contributed by atoms with Gasteiger partial charge < -0.3 is 10.4 Å². The molecular weight excluding hydrogens is 188 g/mol. The molecule has 1 saturated carbocycles. The monoisotopic (exact) mass is 206 g/mol. The molecule has 0 spiro atoms. The van der Waals surface area contributed by atoms with Crippen molar-refractivity contribution in [3.8, 4) is 0 Å². The number of nitrogens with zero attached hydrogens (tertiary/aromatic N) is 1. The summed E-state index contributed by atoms with van der Waals surface area (Å²) in [5.41, 5.74) is 0.533. The molecule has 3 nitrogen and oxygen atoms in total. The van der Waals surface area contributed by atoms with Crippen molar-refractivity contribution in [3.05, 3.63) is 24.5 Å². The summed E-state index contributed by atoms with van der Waals surface area (Å²) in [5, 5.41) is 13.5. The molecule has 1 aromatic rings. The number of anilines is 1. The summed E-state index contributed by atoms with van der Waals surface area (Å²) in [7, 11) is 0. The second-order valence-corrected chi connectivity index (χ2v) is 4.37. The van der Waals surface area contributed by atoms with Gasteiger partial charge in [-0.3, -0.25) is 4.98 Å². The van der Waals surface area contributed by atoms with Crippen LogP contribution < -0.4 is 5.32 Å². The normalized spacial score (nSPS) is 19.8.